The molecular weight excluding hydrogens is 216 g/mol. The van der Waals surface area contributed by atoms with E-state index in [2.05, 4.69) is 58.0 Å². The minimum absolute atomic E-state index is 0.817. The lowest BCUT2D eigenvalue weighted by atomic mass is 9.99. The van der Waals surface area contributed by atoms with Crippen molar-refractivity contribution in [1.82, 2.24) is 0 Å². The molecule has 0 heterocycles. The van der Waals surface area contributed by atoms with Crippen molar-refractivity contribution in [3.63, 3.8) is 0 Å². The van der Waals surface area contributed by atoms with E-state index in [1.165, 1.54) is 24.8 Å². The third kappa shape index (κ3) is 17.6. The van der Waals surface area contributed by atoms with Crippen LogP contribution in [-0.4, -0.2) is 0 Å². The molecule has 1 rings (SSSR count). The maximum Gasteiger partial charge on any atom is -0.0253 e. The fourth-order valence-corrected chi connectivity index (χ4v) is 1.16. The highest BCUT2D eigenvalue weighted by molar-refractivity contribution is 5.14. The topological polar surface area (TPSA) is 0 Å². The van der Waals surface area contributed by atoms with Gasteiger partial charge in [0.05, 0.1) is 0 Å². The molecule has 0 aromatic heterocycles. The van der Waals surface area contributed by atoms with Gasteiger partial charge in [0.25, 0.3) is 0 Å². The van der Waals surface area contributed by atoms with Gasteiger partial charge < -0.3 is 0 Å². The van der Waals surface area contributed by atoms with Gasteiger partial charge in [0.15, 0.2) is 0 Å². The SMILES string of the molecule is CC.CC.CCC.CCC(C)Cc1ccccc1. The Bertz CT molecular complexity index is 201. The van der Waals surface area contributed by atoms with Crippen LogP contribution in [-0.2, 0) is 6.42 Å². The molecule has 0 amide bonds. The van der Waals surface area contributed by atoms with E-state index in [0.717, 1.165) is 5.92 Å². The summed E-state index contributed by atoms with van der Waals surface area (Å²) in [5.41, 5.74) is 1.46. The van der Waals surface area contributed by atoms with Gasteiger partial charge in [-0.2, -0.15) is 0 Å². The standard InChI is InChI=1S/C11H16.C3H8.2C2H6/c1-3-10(2)9-11-7-5-4-6-8-11;1-3-2;2*1-2/h4-8,10H,3,9H2,1-2H3;3H2,1-2H3;2*1-2H3. The molecule has 0 saturated carbocycles. The van der Waals surface area contributed by atoms with Crippen LogP contribution in [0.15, 0.2) is 30.3 Å². The van der Waals surface area contributed by atoms with Crippen LogP contribution in [0.3, 0.4) is 0 Å². The van der Waals surface area contributed by atoms with Gasteiger partial charge in [0, 0.05) is 0 Å². The van der Waals surface area contributed by atoms with Gasteiger partial charge in [-0.1, -0.05) is 98.6 Å². The second-order valence-corrected chi connectivity index (χ2v) is 3.91. The summed E-state index contributed by atoms with van der Waals surface area (Å²) in [4.78, 5) is 0. The molecule has 0 fully saturated rings. The summed E-state index contributed by atoms with van der Waals surface area (Å²) in [7, 11) is 0. The van der Waals surface area contributed by atoms with Crippen molar-refractivity contribution in [2.75, 3.05) is 0 Å². The van der Waals surface area contributed by atoms with Crippen LogP contribution in [0.25, 0.3) is 0 Å². The second-order valence-electron chi connectivity index (χ2n) is 3.91. The summed E-state index contributed by atoms with van der Waals surface area (Å²) in [5.74, 6) is 0.817. The highest BCUT2D eigenvalue weighted by Crippen LogP contribution is 2.10. The van der Waals surface area contributed by atoms with E-state index in [4.69, 9.17) is 0 Å². The maximum absolute atomic E-state index is 2.30. The van der Waals surface area contributed by atoms with Crippen LogP contribution in [0, 0.1) is 5.92 Å². The van der Waals surface area contributed by atoms with Crippen molar-refractivity contribution in [3.05, 3.63) is 35.9 Å². The minimum atomic E-state index is 0.817. The predicted molar refractivity (Wildman–Crippen MR) is 88.3 cm³/mol. The summed E-state index contributed by atoms with van der Waals surface area (Å²) >= 11 is 0. The van der Waals surface area contributed by atoms with Crippen LogP contribution in [0.1, 0.15) is 73.8 Å². The predicted octanol–water partition coefficient (Wildman–Crippen LogP) is 6.74. The lowest BCUT2D eigenvalue weighted by molar-refractivity contribution is 0.560. The highest BCUT2D eigenvalue weighted by Gasteiger charge is 1.98. The molecule has 0 heteroatoms. The molecular formula is C18H36. The second kappa shape index (κ2) is 21.5. The van der Waals surface area contributed by atoms with Gasteiger partial charge >= 0.3 is 0 Å². The number of hydrogen-bond acceptors (Lipinski definition) is 0. The Balaban J connectivity index is -0.000000274. The van der Waals surface area contributed by atoms with Crippen LogP contribution >= 0.6 is 0 Å². The number of rotatable bonds is 3. The summed E-state index contributed by atoms with van der Waals surface area (Å²) in [6.07, 6.45) is 3.74. The van der Waals surface area contributed by atoms with Crippen LogP contribution < -0.4 is 0 Å². The molecule has 0 aliphatic heterocycles. The van der Waals surface area contributed by atoms with Gasteiger partial charge in [-0.25, -0.2) is 0 Å². The molecule has 0 nitrogen and oxygen atoms in total. The Morgan fingerprint density at radius 2 is 1.22 bits per heavy atom. The first-order valence-electron chi connectivity index (χ1n) is 7.78. The summed E-state index contributed by atoms with van der Waals surface area (Å²) in [6.45, 7) is 16.8. The fraction of sp³-hybridized carbons (Fsp3) is 0.667. The number of benzene rings is 1. The first kappa shape index (κ1) is 22.4. The molecule has 1 aromatic carbocycles. The Morgan fingerprint density at radius 3 is 1.56 bits per heavy atom. The molecule has 18 heavy (non-hydrogen) atoms. The Labute approximate surface area is 117 Å². The van der Waals surface area contributed by atoms with Crippen molar-refractivity contribution in [1.29, 1.82) is 0 Å². The zero-order valence-corrected chi connectivity index (χ0v) is 14.1. The smallest absolute Gasteiger partial charge is 0.0253 e. The molecule has 0 aliphatic rings. The molecule has 1 aromatic rings. The molecule has 0 bridgehead atoms. The van der Waals surface area contributed by atoms with Crippen LogP contribution in [0.4, 0.5) is 0 Å². The summed E-state index contributed by atoms with van der Waals surface area (Å²) < 4.78 is 0. The largest absolute Gasteiger partial charge is 0.0683 e. The first-order chi connectivity index (χ1) is 8.74. The molecule has 0 radical (unpaired) electrons. The Morgan fingerprint density at radius 1 is 0.833 bits per heavy atom. The maximum atomic E-state index is 2.30. The molecule has 108 valence electrons. The van der Waals surface area contributed by atoms with Gasteiger partial charge in [-0.05, 0) is 17.9 Å². The van der Waals surface area contributed by atoms with Gasteiger partial charge in [0.1, 0.15) is 0 Å². The third-order valence-electron chi connectivity index (χ3n) is 2.12. The molecule has 1 atom stereocenters. The first-order valence-corrected chi connectivity index (χ1v) is 7.78. The normalized spacial score (nSPS) is 9.56. The van der Waals surface area contributed by atoms with E-state index in [9.17, 15) is 0 Å². The van der Waals surface area contributed by atoms with Gasteiger partial charge in [0.2, 0.25) is 0 Å². The Hall–Kier alpha value is -0.780. The summed E-state index contributed by atoms with van der Waals surface area (Å²) in [6, 6.07) is 10.7. The minimum Gasteiger partial charge on any atom is -0.0683 e. The quantitative estimate of drug-likeness (QED) is 0.558. The van der Waals surface area contributed by atoms with Crippen LogP contribution in [0.5, 0.6) is 0 Å². The molecule has 0 saturated heterocycles. The molecule has 1 unspecified atom stereocenters. The third-order valence-corrected chi connectivity index (χ3v) is 2.12. The van der Waals surface area contributed by atoms with E-state index in [1.807, 2.05) is 27.7 Å². The van der Waals surface area contributed by atoms with E-state index in [-0.39, 0.29) is 0 Å². The lowest BCUT2D eigenvalue weighted by Crippen LogP contribution is -1.96. The Kier molecular flexibility index (Phi) is 26.8. The van der Waals surface area contributed by atoms with E-state index < -0.39 is 0 Å². The van der Waals surface area contributed by atoms with E-state index in [1.54, 1.807) is 0 Å². The number of hydrogen-bond donors (Lipinski definition) is 0. The monoisotopic (exact) mass is 252 g/mol. The average Bonchev–Trinajstić information content (AvgIpc) is 2.45. The van der Waals surface area contributed by atoms with Crippen molar-refractivity contribution < 1.29 is 0 Å². The van der Waals surface area contributed by atoms with Crippen molar-refractivity contribution in [3.8, 4) is 0 Å². The van der Waals surface area contributed by atoms with Gasteiger partial charge in [-0.3, -0.25) is 0 Å². The lowest BCUT2D eigenvalue weighted by Gasteiger charge is -2.06. The van der Waals surface area contributed by atoms with Gasteiger partial charge in [-0.15, -0.1) is 0 Å². The highest BCUT2D eigenvalue weighted by atomic mass is 14.0. The zero-order chi connectivity index (χ0) is 14.8. The molecule has 0 aliphatic carbocycles. The average molecular weight is 252 g/mol. The molecule has 0 spiro atoms. The zero-order valence-electron chi connectivity index (χ0n) is 14.1. The van der Waals surface area contributed by atoms with E-state index in [0.29, 0.717) is 0 Å². The van der Waals surface area contributed by atoms with Crippen molar-refractivity contribution in [2.45, 2.75) is 74.7 Å². The van der Waals surface area contributed by atoms with Crippen molar-refractivity contribution >= 4 is 0 Å². The summed E-state index contributed by atoms with van der Waals surface area (Å²) in [5, 5.41) is 0. The fourth-order valence-electron chi connectivity index (χ4n) is 1.16. The van der Waals surface area contributed by atoms with Crippen LogP contribution in [0.2, 0.25) is 0 Å². The molecule has 0 N–H and O–H groups in total. The van der Waals surface area contributed by atoms with Crippen molar-refractivity contribution in [2.24, 2.45) is 5.92 Å². The van der Waals surface area contributed by atoms with E-state index >= 15 is 0 Å².